The molecule has 1 aromatic heterocycles. The number of nitrogens with one attached hydrogen (secondary N) is 1. The van der Waals surface area contributed by atoms with Gasteiger partial charge in [0.25, 0.3) is 5.91 Å². The highest BCUT2D eigenvalue weighted by Gasteiger charge is 2.21. The Labute approximate surface area is 191 Å². The third kappa shape index (κ3) is 3.95. The van der Waals surface area contributed by atoms with Gasteiger partial charge in [0.15, 0.2) is 0 Å². The van der Waals surface area contributed by atoms with Crippen molar-refractivity contribution in [2.24, 2.45) is 0 Å². The normalized spacial score (nSPS) is 13.7. The zero-order valence-corrected chi connectivity index (χ0v) is 18.5. The summed E-state index contributed by atoms with van der Waals surface area (Å²) in [5, 5.41) is 3.37. The first kappa shape index (κ1) is 20.5. The van der Waals surface area contributed by atoms with Crippen LogP contribution in [0.25, 0.3) is 11.0 Å². The summed E-state index contributed by atoms with van der Waals surface area (Å²) in [4.78, 5) is 19.8. The molecular weight excluding hydrogens is 424 g/mol. The van der Waals surface area contributed by atoms with Gasteiger partial charge < -0.3 is 14.6 Å². The predicted octanol–water partition coefficient (Wildman–Crippen LogP) is 4.97. The Kier molecular flexibility index (Phi) is 5.55. The minimum Gasteiger partial charge on any atom is -0.496 e. The lowest BCUT2D eigenvalue weighted by atomic mass is 10.1. The molecule has 7 heteroatoms. The fourth-order valence-corrected chi connectivity index (χ4v) is 4.44. The Hall–Kier alpha value is -3.35. The molecule has 0 fully saturated rings. The minimum atomic E-state index is -0.238. The van der Waals surface area contributed by atoms with E-state index in [1.807, 2.05) is 24.3 Å². The number of rotatable bonds is 5. The van der Waals surface area contributed by atoms with Crippen LogP contribution < -0.4 is 10.1 Å². The number of hydrogen-bond donors (Lipinski definition) is 1. The summed E-state index contributed by atoms with van der Waals surface area (Å²) in [5.74, 6) is 1.62. The van der Waals surface area contributed by atoms with Crippen molar-refractivity contribution in [3.63, 3.8) is 0 Å². The first-order valence-corrected chi connectivity index (χ1v) is 10.9. The van der Waals surface area contributed by atoms with Crippen molar-refractivity contribution in [3.05, 3.63) is 88.7 Å². The summed E-state index contributed by atoms with van der Waals surface area (Å²) >= 11 is 6.17. The number of aromatic nitrogens is 2. The summed E-state index contributed by atoms with van der Waals surface area (Å²) in [6.07, 6.45) is 0. The lowest BCUT2D eigenvalue weighted by molar-refractivity contribution is 0.102. The van der Waals surface area contributed by atoms with Gasteiger partial charge in [0, 0.05) is 30.9 Å². The zero-order chi connectivity index (χ0) is 22.1. The molecule has 0 atom stereocenters. The van der Waals surface area contributed by atoms with Crippen LogP contribution in [0.4, 0.5) is 5.69 Å². The lowest BCUT2D eigenvalue weighted by Gasteiger charge is -2.28. The van der Waals surface area contributed by atoms with E-state index in [2.05, 4.69) is 33.0 Å². The number of methoxy groups -OCH3 is 1. The van der Waals surface area contributed by atoms with Crippen molar-refractivity contribution in [1.29, 1.82) is 0 Å². The van der Waals surface area contributed by atoms with Gasteiger partial charge >= 0.3 is 0 Å². The Morgan fingerprint density at radius 2 is 1.91 bits per heavy atom. The molecule has 6 nitrogen and oxygen atoms in total. The second-order valence-corrected chi connectivity index (χ2v) is 8.25. The molecule has 0 aliphatic carbocycles. The first-order chi connectivity index (χ1) is 15.6. The van der Waals surface area contributed by atoms with Gasteiger partial charge in [0.2, 0.25) is 0 Å². The Morgan fingerprint density at radius 3 is 2.75 bits per heavy atom. The van der Waals surface area contributed by atoms with Gasteiger partial charge in [-0.25, -0.2) is 4.98 Å². The standard InChI is InChI=1S/C25H23ClN4O2/c1-32-23-11-10-18(27-25(31)19-6-2-3-7-20(19)26)14-17(23)15-29-12-13-30-22-9-5-4-8-21(22)28-24(30)16-29/h2-11,14H,12-13,15-16H2,1H3,(H,27,31). The van der Waals surface area contributed by atoms with Crippen molar-refractivity contribution < 1.29 is 9.53 Å². The van der Waals surface area contributed by atoms with Gasteiger partial charge in [0.1, 0.15) is 11.6 Å². The molecule has 0 saturated heterocycles. The number of carbonyl (C=O) groups excluding carboxylic acids is 1. The van der Waals surface area contributed by atoms with Crippen LogP contribution in [0.3, 0.4) is 0 Å². The third-order valence-electron chi connectivity index (χ3n) is 5.79. The number of carbonyl (C=O) groups is 1. The van der Waals surface area contributed by atoms with Crippen LogP contribution in [-0.4, -0.2) is 34.0 Å². The molecule has 0 unspecified atom stereocenters. The van der Waals surface area contributed by atoms with Crippen molar-refractivity contribution in [2.75, 3.05) is 19.0 Å². The number of hydrogen-bond acceptors (Lipinski definition) is 4. The zero-order valence-electron chi connectivity index (χ0n) is 17.7. The molecule has 0 saturated carbocycles. The second-order valence-electron chi connectivity index (χ2n) is 7.84. The Balaban J connectivity index is 1.35. The molecule has 1 aliphatic heterocycles. The van der Waals surface area contributed by atoms with Crippen molar-refractivity contribution >= 4 is 34.2 Å². The van der Waals surface area contributed by atoms with Gasteiger partial charge in [-0.15, -0.1) is 0 Å². The number of halogens is 1. The average molecular weight is 447 g/mol. The molecule has 2 heterocycles. The highest BCUT2D eigenvalue weighted by molar-refractivity contribution is 6.34. The molecule has 0 bridgehead atoms. The molecule has 5 rings (SSSR count). The summed E-state index contributed by atoms with van der Waals surface area (Å²) in [6, 6.07) is 21.0. The van der Waals surface area contributed by atoms with Crippen molar-refractivity contribution in [2.45, 2.75) is 19.6 Å². The molecule has 32 heavy (non-hydrogen) atoms. The molecule has 4 aromatic rings. The van der Waals surface area contributed by atoms with E-state index in [0.29, 0.717) is 22.8 Å². The number of benzene rings is 3. The van der Waals surface area contributed by atoms with Gasteiger partial charge in [-0.05, 0) is 42.5 Å². The lowest BCUT2D eigenvalue weighted by Crippen LogP contribution is -2.33. The summed E-state index contributed by atoms with van der Waals surface area (Å²) in [5.41, 5.74) is 4.38. The fourth-order valence-electron chi connectivity index (χ4n) is 4.22. The molecule has 1 N–H and O–H groups in total. The third-order valence-corrected chi connectivity index (χ3v) is 6.12. The van der Waals surface area contributed by atoms with E-state index in [1.165, 1.54) is 5.52 Å². The number of para-hydroxylation sites is 2. The van der Waals surface area contributed by atoms with Crippen LogP contribution in [0.5, 0.6) is 5.75 Å². The maximum atomic E-state index is 12.7. The summed E-state index contributed by atoms with van der Waals surface area (Å²) in [7, 11) is 1.66. The average Bonchev–Trinajstić information content (AvgIpc) is 3.17. The van der Waals surface area contributed by atoms with Crippen molar-refractivity contribution in [3.8, 4) is 5.75 Å². The van der Waals surface area contributed by atoms with E-state index in [4.69, 9.17) is 21.3 Å². The molecule has 1 aliphatic rings. The summed E-state index contributed by atoms with van der Waals surface area (Å²) < 4.78 is 7.88. The van der Waals surface area contributed by atoms with Crippen LogP contribution in [0.15, 0.2) is 66.7 Å². The number of ether oxygens (including phenoxy) is 1. The monoisotopic (exact) mass is 446 g/mol. The van der Waals surface area contributed by atoms with E-state index in [1.54, 1.807) is 31.4 Å². The van der Waals surface area contributed by atoms with Crippen LogP contribution in [0, 0.1) is 0 Å². The van der Waals surface area contributed by atoms with E-state index in [0.717, 1.165) is 42.3 Å². The van der Waals surface area contributed by atoms with E-state index in [9.17, 15) is 4.79 Å². The molecule has 0 spiro atoms. The molecule has 3 aromatic carbocycles. The smallest absolute Gasteiger partial charge is 0.257 e. The molecule has 162 valence electrons. The predicted molar refractivity (Wildman–Crippen MR) is 126 cm³/mol. The number of anilines is 1. The summed E-state index contributed by atoms with van der Waals surface area (Å²) in [6.45, 7) is 3.25. The van der Waals surface area contributed by atoms with E-state index in [-0.39, 0.29) is 5.91 Å². The minimum absolute atomic E-state index is 0.238. The van der Waals surface area contributed by atoms with Crippen LogP contribution >= 0.6 is 11.6 Å². The number of fused-ring (bicyclic) bond motifs is 3. The Morgan fingerprint density at radius 1 is 1.09 bits per heavy atom. The highest BCUT2D eigenvalue weighted by Crippen LogP contribution is 2.27. The largest absolute Gasteiger partial charge is 0.496 e. The maximum absolute atomic E-state index is 12.7. The van der Waals surface area contributed by atoms with Gasteiger partial charge in [-0.3, -0.25) is 9.69 Å². The molecular formula is C25H23ClN4O2. The fraction of sp³-hybridized carbons (Fsp3) is 0.200. The SMILES string of the molecule is COc1ccc(NC(=O)c2ccccc2Cl)cc1CN1CCn2c(nc3ccccc32)C1. The number of nitrogens with zero attached hydrogens (tertiary/aromatic N) is 3. The van der Waals surface area contributed by atoms with Gasteiger partial charge in [0.05, 0.1) is 35.3 Å². The first-order valence-electron chi connectivity index (χ1n) is 10.5. The maximum Gasteiger partial charge on any atom is 0.257 e. The van der Waals surface area contributed by atoms with Gasteiger partial charge in [-0.1, -0.05) is 35.9 Å². The second kappa shape index (κ2) is 8.65. The molecule has 1 amide bonds. The van der Waals surface area contributed by atoms with Crippen molar-refractivity contribution in [1.82, 2.24) is 14.5 Å². The quantitative estimate of drug-likeness (QED) is 0.470. The van der Waals surface area contributed by atoms with Crippen LogP contribution in [0.2, 0.25) is 5.02 Å². The van der Waals surface area contributed by atoms with Crippen LogP contribution in [-0.2, 0) is 19.6 Å². The number of imidazole rings is 1. The molecule has 0 radical (unpaired) electrons. The number of amides is 1. The van der Waals surface area contributed by atoms with E-state index < -0.39 is 0 Å². The van der Waals surface area contributed by atoms with Crippen LogP contribution in [0.1, 0.15) is 21.7 Å². The van der Waals surface area contributed by atoms with Gasteiger partial charge in [-0.2, -0.15) is 0 Å². The van der Waals surface area contributed by atoms with E-state index >= 15 is 0 Å². The Bertz CT molecular complexity index is 1300. The highest BCUT2D eigenvalue weighted by atomic mass is 35.5. The topological polar surface area (TPSA) is 59.4 Å².